The van der Waals surface area contributed by atoms with Gasteiger partial charge in [-0.3, -0.25) is 4.79 Å². The molecule has 0 saturated heterocycles. The van der Waals surface area contributed by atoms with Gasteiger partial charge in [-0.2, -0.15) is 4.98 Å². The van der Waals surface area contributed by atoms with Crippen LogP contribution in [-0.2, 0) is 10.5 Å². The molecule has 1 aliphatic heterocycles. The van der Waals surface area contributed by atoms with E-state index >= 15 is 0 Å². The molecule has 31 heavy (non-hydrogen) atoms. The van der Waals surface area contributed by atoms with Gasteiger partial charge in [-0.1, -0.05) is 68.1 Å². The molecule has 0 saturated carbocycles. The minimum absolute atomic E-state index is 0.259. The Labute approximate surface area is 184 Å². The fourth-order valence-electron chi connectivity index (χ4n) is 3.75. The molecular formula is C23H24FN5OS. The minimum atomic E-state index is -0.622. The highest BCUT2D eigenvalue weighted by Crippen LogP contribution is 2.37. The molecule has 1 amide bonds. The molecule has 0 fully saturated rings. The summed E-state index contributed by atoms with van der Waals surface area (Å²) < 4.78 is 15.6. The molecule has 3 aromatic rings. The normalized spacial score (nSPS) is 18.0. The quantitative estimate of drug-likeness (QED) is 0.570. The predicted octanol–water partition coefficient (Wildman–Crippen LogP) is 4.63. The number of amides is 1. The highest BCUT2D eigenvalue weighted by Gasteiger charge is 2.38. The molecule has 0 bridgehead atoms. The summed E-state index contributed by atoms with van der Waals surface area (Å²) >= 11 is 1.33. The number of hydrogen-bond acceptors (Lipinski definition) is 5. The Hall–Kier alpha value is -3.00. The Balaban J connectivity index is 1.69. The van der Waals surface area contributed by atoms with Gasteiger partial charge >= 0.3 is 0 Å². The summed E-state index contributed by atoms with van der Waals surface area (Å²) in [5, 5.41) is 5.08. The highest BCUT2D eigenvalue weighted by atomic mass is 32.2. The second kappa shape index (κ2) is 8.63. The number of halogens is 1. The lowest BCUT2D eigenvalue weighted by Gasteiger charge is -2.29. The van der Waals surface area contributed by atoms with Gasteiger partial charge in [0.25, 0.3) is 0 Å². The molecular weight excluding hydrogens is 413 g/mol. The van der Waals surface area contributed by atoms with Crippen molar-refractivity contribution < 1.29 is 9.18 Å². The van der Waals surface area contributed by atoms with Gasteiger partial charge in [0.15, 0.2) is 0 Å². The molecule has 2 unspecified atom stereocenters. The van der Waals surface area contributed by atoms with Crippen LogP contribution >= 0.6 is 11.8 Å². The van der Waals surface area contributed by atoms with Gasteiger partial charge in [0.2, 0.25) is 17.0 Å². The number of fused-ring (bicyclic) bond motifs is 1. The maximum atomic E-state index is 14.0. The summed E-state index contributed by atoms with van der Waals surface area (Å²) in [4.78, 5) is 21.3. The van der Waals surface area contributed by atoms with Gasteiger partial charge in [-0.15, -0.1) is 5.10 Å². The van der Waals surface area contributed by atoms with Crippen molar-refractivity contribution in [3.8, 4) is 0 Å². The highest BCUT2D eigenvalue weighted by molar-refractivity contribution is 7.98. The first kappa shape index (κ1) is 21.2. The average Bonchev–Trinajstić information content (AvgIpc) is 3.14. The fraction of sp³-hybridized carbons (Fsp3) is 0.304. The van der Waals surface area contributed by atoms with E-state index in [1.807, 2.05) is 12.1 Å². The number of carbonyl (C=O) groups is 1. The van der Waals surface area contributed by atoms with Crippen LogP contribution in [0.5, 0.6) is 0 Å². The van der Waals surface area contributed by atoms with Gasteiger partial charge in [0.1, 0.15) is 11.7 Å². The van der Waals surface area contributed by atoms with E-state index in [1.54, 1.807) is 29.8 Å². The first-order valence-electron chi connectivity index (χ1n) is 10.1. The zero-order valence-electron chi connectivity index (χ0n) is 17.6. The van der Waals surface area contributed by atoms with Crippen LogP contribution in [-0.4, -0.2) is 26.4 Å². The van der Waals surface area contributed by atoms with Crippen LogP contribution < -0.4 is 5.73 Å². The maximum absolute atomic E-state index is 14.0. The largest absolute Gasteiger partial charge is 0.369 e. The Bertz CT molecular complexity index is 1140. The molecule has 2 aromatic carbocycles. The van der Waals surface area contributed by atoms with E-state index in [9.17, 15) is 9.18 Å². The lowest BCUT2D eigenvalue weighted by molar-refractivity contribution is -0.120. The van der Waals surface area contributed by atoms with Crippen molar-refractivity contribution in [1.82, 2.24) is 14.8 Å². The van der Waals surface area contributed by atoms with Crippen molar-refractivity contribution in [2.75, 3.05) is 0 Å². The van der Waals surface area contributed by atoms with Crippen LogP contribution in [0.2, 0.25) is 0 Å². The van der Waals surface area contributed by atoms with E-state index in [2.05, 4.69) is 41.1 Å². The number of nitrogens with zero attached hydrogens (tertiary/aromatic N) is 4. The molecule has 0 aliphatic carbocycles. The van der Waals surface area contributed by atoms with E-state index in [0.717, 1.165) is 5.56 Å². The second-order valence-corrected chi connectivity index (χ2v) is 8.86. The molecule has 2 N–H and O–H groups in total. The third kappa shape index (κ3) is 4.25. The lowest BCUT2D eigenvalue weighted by Crippen LogP contribution is -2.39. The van der Waals surface area contributed by atoms with Crippen molar-refractivity contribution in [1.29, 1.82) is 0 Å². The van der Waals surface area contributed by atoms with E-state index in [-0.39, 0.29) is 5.82 Å². The minimum Gasteiger partial charge on any atom is -0.369 e. The summed E-state index contributed by atoms with van der Waals surface area (Å²) in [5.41, 5.74) is 9.06. The average molecular weight is 438 g/mol. The fourth-order valence-corrected chi connectivity index (χ4v) is 4.56. The van der Waals surface area contributed by atoms with Gasteiger partial charge < -0.3 is 5.73 Å². The van der Waals surface area contributed by atoms with Gasteiger partial charge in [-0.25, -0.2) is 14.1 Å². The van der Waals surface area contributed by atoms with E-state index in [0.29, 0.717) is 34.1 Å². The van der Waals surface area contributed by atoms with Crippen molar-refractivity contribution in [2.24, 2.45) is 16.6 Å². The summed E-state index contributed by atoms with van der Waals surface area (Å²) in [7, 11) is 0. The SMILES string of the molecule is CC1=Nc2nc(SCc3ccccc3F)nn2C(c2ccc(C(C)C)cc2)C1C(N)=O. The van der Waals surface area contributed by atoms with Crippen LogP contribution in [0, 0.1) is 11.7 Å². The lowest BCUT2D eigenvalue weighted by atomic mass is 9.87. The predicted molar refractivity (Wildman–Crippen MR) is 120 cm³/mol. The molecule has 0 radical (unpaired) electrons. The summed E-state index contributed by atoms with van der Waals surface area (Å²) in [6.07, 6.45) is 0. The smallest absolute Gasteiger partial charge is 0.249 e. The molecule has 8 heteroatoms. The Morgan fingerprint density at radius 1 is 1.19 bits per heavy atom. The number of primary amides is 1. The Morgan fingerprint density at radius 2 is 1.90 bits per heavy atom. The number of thioether (sulfide) groups is 1. The molecule has 0 spiro atoms. The van der Waals surface area contributed by atoms with E-state index < -0.39 is 17.9 Å². The molecule has 160 valence electrons. The first-order chi connectivity index (χ1) is 14.8. The number of benzene rings is 2. The van der Waals surface area contributed by atoms with Gasteiger partial charge in [0, 0.05) is 11.5 Å². The number of hydrogen-bond donors (Lipinski definition) is 1. The number of aliphatic imine (C=N–C) groups is 1. The molecule has 1 aromatic heterocycles. The van der Waals surface area contributed by atoms with Crippen molar-refractivity contribution >= 4 is 29.3 Å². The summed E-state index contributed by atoms with van der Waals surface area (Å²) in [6, 6.07) is 14.3. The summed E-state index contributed by atoms with van der Waals surface area (Å²) in [5.74, 6) is -0.122. The van der Waals surface area contributed by atoms with Crippen LogP contribution in [0.3, 0.4) is 0 Å². The van der Waals surface area contributed by atoms with Gasteiger partial charge in [-0.05, 0) is 35.6 Å². The Kier molecular flexibility index (Phi) is 5.91. The topological polar surface area (TPSA) is 86.2 Å². The van der Waals surface area contributed by atoms with Crippen LogP contribution in [0.25, 0.3) is 0 Å². The number of nitrogens with two attached hydrogens (primary N) is 1. The van der Waals surface area contributed by atoms with E-state index in [4.69, 9.17) is 5.73 Å². The number of rotatable bonds is 6. The second-order valence-electron chi connectivity index (χ2n) is 7.92. The molecule has 6 nitrogen and oxygen atoms in total. The molecule has 2 heterocycles. The van der Waals surface area contributed by atoms with Crippen LogP contribution in [0.15, 0.2) is 58.7 Å². The van der Waals surface area contributed by atoms with E-state index in [1.165, 1.54) is 23.4 Å². The number of carbonyl (C=O) groups excluding carboxylic acids is 1. The maximum Gasteiger partial charge on any atom is 0.249 e. The van der Waals surface area contributed by atoms with Crippen molar-refractivity contribution in [2.45, 2.75) is 43.6 Å². The Morgan fingerprint density at radius 3 is 2.55 bits per heavy atom. The van der Waals surface area contributed by atoms with Crippen LogP contribution in [0.4, 0.5) is 10.3 Å². The standard InChI is InChI=1S/C23H24FN5OS/c1-13(2)15-8-10-16(11-9-15)20-19(21(25)30)14(3)26-22-27-23(28-29(20)22)31-12-17-6-4-5-7-18(17)24/h4-11,13,19-20H,12H2,1-3H3,(H2,25,30). The molecule has 2 atom stereocenters. The van der Waals surface area contributed by atoms with Crippen molar-refractivity contribution in [3.05, 3.63) is 71.0 Å². The third-order valence-electron chi connectivity index (χ3n) is 5.47. The first-order valence-corrected chi connectivity index (χ1v) is 11.1. The third-order valence-corrected chi connectivity index (χ3v) is 6.35. The van der Waals surface area contributed by atoms with Crippen molar-refractivity contribution in [3.63, 3.8) is 0 Å². The molecule has 1 aliphatic rings. The zero-order valence-corrected chi connectivity index (χ0v) is 18.4. The molecule has 4 rings (SSSR count). The summed E-state index contributed by atoms with van der Waals surface area (Å²) in [6.45, 7) is 6.05. The zero-order chi connectivity index (χ0) is 22.1. The van der Waals surface area contributed by atoms with Gasteiger partial charge in [0.05, 0.1) is 6.04 Å². The van der Waals surface area contributed by atoms with Crippen LogP contribution in [0.1, 0.15) is 49.4 Å². The monoisotopic (exact) mass is 437 g/mol. The number of aromatic nitrogens is 3.